The van der Waals surface area contributed by atoms with Crippen LogP contribution in [0.1, 0.15) is 21.1 Å². The second kappa shape index (κ2) is 3.78. The van der Waals surface area contributed by atoms with Crippen LogP contribution in [0.4, 0.5) is 0 Å². The zero-order chi connectivity index (χ0) is 11.7. The van der Waals surface area contributed by atoms with Crippen LogP contribution in [0.2, 0.25) is 0 Å². The summed E-state index contributed by atoms with van der Waals surface area (Å²) < 4.78 is 0. The van der Waals surface area contributed by atoms with Crippen molar-refractivity contribution < 1.29 is 14.7 Å². The normalized spacial score (nSPS) is 10.2. The largest absolute Gasteiger partial charge is 0.475 e. The highest BCUT2D eigenvalue weighted by atomic mass is 32.1. The molecule has 2 rings (SSSR count). The molecule has 0 aliphatic rings. The highest BCUT2D eigenvalue weighted by Gasteiger charge is 2.20. The minimum absolute atomic E-state index is 0.0557. The monoisotopic (exact) mass is 237 g/mol. The number of carbonyl (C=O) groups excluding carboxylic acids is 1. The third-order valence-corrected chi connectivity index (χ3v) is 2.79. The van der Waals surface area contributed by atoms with Crippen molar-refractivity contribution in [1.82, 2.24) is 9.97 Å². The number of primary amides is 1. The van der Waals surface area contributed by atoms with Gasteiger partial charge in [-0.2, -0.15) is 0 Å². The molecule has 0 bridgehead atoms. The van der Waals surface area contributed by atoms with Crippen molar-refractivity contribution in [1.29, 1.82) is 0 Å². The topological polar surface area (TPSA) is 109 Å². The summed E-state index contributed by atoms with van der Waals surface area (Å²) in [6, 6.07) is 3.53. The fraction of sp³-hybridized carbons (Fsp3) is 0. The van der Waals surface area contributed by atoms with Crippen LogP contribution in [0.15, 0.2) is 17.5 Å². The number of carboxylic acid groups (broad SMARTS) is 1. The summed E-state index contributed by atoms with van der Waals surface area (Å²) in [7, 11) is 0. The van der Waals surface area contributed by atoms with Gasteiger partial charge in [0.25, 0.3) is 5.91 Å². The minimum atomic E-state index is -1.23. The van der Waals surface area contributed by atoms with Crippen molar-refractivity contribution in [3.63, 3.8) is 0 Å². The Bertz CT molecular complexity index is 544. The molecule has 2 aromatic rings. The van der Waals surface area contributed by atoms with Gasteiger partial charge in [0.1, 0.15) is 0 Å². The number of nitrogens with zero attached hydrogens (tertiary/aromatic N) is 1. The first-order chi connectivity index (χ1) is 7.59. The molecule has 2 aromatic heterocycles. The predicted molar refractivity (Wildman–Crippen MR) is 57.4 cm³/mol. The maximum atomic E-state index is 11.1. The van der Waals surface area contributed by atoms with Crippen molar-refractivity contribution in [2.75, 3.05) is 0 Å². The van der Waals surface area contributed by atoms with E-state index in [1.165, 1.54) is 11.3 Å². The van der Waals surface area contributed by atoms with Gasteiger partial charge in [-0.25, -0.2) is 9.78 Å². The fourth-order valence-corrected chi connectivity index (χ4v) is 1.98. The molecule has 0 radical (unpaired) electrons. The first-order valence-corrected chi connectivity index (χ1v) is 5.14. The lowest BCUT2D eigenvalue weighted by molar-refractivity contribution is 0.0685. The van der Waals surface area contributed by atoms with Gasteiger partial charge in [-0.05, 0) is 11.4 Å². The molecule has 0 unspecified atom stereocenters. The average Bonchev–Trinajstić information content (AvgIpc) is 2.86. The van der Waals surface area contributed by atoms with Gasteiger partial charge in [0.05, 0.1) is 10.6 Å². The maximum absolute atomic E-state index is 11.1. The van der Waals surface area contributed by atoms with Crippen molar-refractivity contribution in [2.45, 2.75) is 0 Å². The van der Waals surface area contributed by atoms with Crippen molar-refractivity contribution in [3.8, 4) is 10.6 Å². The first-order valence-electron chi connectivity index (χ1n) is 4.26. The average molecular weight is 237 g/mol. The summed E-state index contributed by atoms with van der Waals surface area (Å²) in [5.74, 6) is -2.28. The summed E-state index contributed by atoms with van der Waals surface area (Å²) in [5, 5.41) is 10.6. The number of carbonyl (C=O) groups is 2. The highest BCUT2D eigenvalue weighted by molar-refractivity contribution is 7.13. The second-order valence-electron chi connectivity index (χ2n) is 2.96. The van der Waals surface area contributed by atoms with Gasteiger partial charge in [0.2, 0.25) is 5.82 Å². The molecule has 6 nitrogen and oxygen atoms in total. The molecule has 0 saturated heterocycles. The molecule has 0 aliphatic heterocycles. The third kappa shape index (κ3) is 1.68. The number of hydrogen-bond acceptors (Lipinski definition) is 4. The number of thiophene rings is 1. The Morgan fingerprint density at radius 1 is 1.50 bits per heavy atom. The SMILES string of the molecule is NC(=O)c1nc(C(=O)O)[nH]c1-c1cccs1. The second-order valence-corrected chi connectivity index (χ2v) is 3.90. The predicted octanol–water partition coefficient (Wildman–Crippen LogP) is 0.935. The lowest BCUT2D eigenvalue weighted by Gasteiger charge is -1.93. The number of aromatic nitrogens is 2. The summed E-state index contributed by atoms with van der Waals surface area (Å²) in [4.78, 5) is 28.7. The zero-order valence-corrected chi connectivity index (χ0v) is 8.75. The van der Waals surface area contributed by atoms with Crippen LogP contribution in [-0.4, -0.2) is 27.0 Å². The van der Waals surface area contributed by atoms with E-state index < -0.39 is 11.9 Å². The highest BCUT2D eigenvalue weighted by Crippen LogP contribution is 2.26. The molecule has 16 heavy (non-hydrogen) atoms. The lowest BCUT2D eigenvalue weighted by atomic mass is 10.3. The van der Waals surface area contributed by atoms with Gasteiger partial charge in [0, 0.05) is 0 Å². The van der Waals surface area contributed by atoms with E-state index in [1.54, 1.807) is 17.5 Å². The van der Waals surface area contributed by atoms with Crippen LogP contribution in [0.3, 0.4) is 0 Å². The van der Waals surface area contributed by atoms with Crippen LogP contribution in [-0.2, 0) is 0 Å². The molecule has 0 aliphatic carbocycles. The smallest absolute Gasteiger partial charge is 0.371 e. The molecule has 0 fully saturated rings. The quantitative estimate of drug-likeness (QED) is 0.737. The number of aromatic amines is 1. The molecule has 0 atom stereocenters. The van der Waals surface area contributed by atoms with E-state index in [4.69, 9.17) is 10.8 Å². The van der Waals surface area contributed by atoms with Gasteiger partial charge in [-0.1, -0.05) is 6.07 Å². The number of carboxylic acids is 1. The number of imidazole rings is 1. The molecule has 1 amide bonds. The van der Waals surface area contributed by atoms with E-state index in [-0.39, 0.29) is 11.5 Å². The van der Waals surface area contributed by atoms with Gasteiger partial charge in [0.15, 0.2) is 5.69 Å². The van der Waals surface area contributed by atoms with E-state index >= 15 is 0 Å². The number of aromatic carboxylic acids is 1. The number of H-pyrrole nitrogens is 1. The van der Waals surface area contributed by atoms with Crippen LogP contribution in [0.5, 0.6) is 0 Å². The van der Waals surface area contributed by atoms with Crippen molar-refractivity contribution >= 4 is 23.2 Å². The van der Waals surface area contributed by atoms with E-state index in [0.29, 0.717) is 10.6 Å². The Morgan fingerprint density at radius 2 is 2.25 bits per heavy atom. The van der Waals surface area contributed by atoms with E-state index in [0.717, 1.165) is 0 Å². The first kappa shape index (κ1) is 10.4. The Labute approximate surface area is 93.7 Å². The summed E-state index contributed by atoms with van der Waals surface area (Å²) in [5.41, 5.74) is 5.42. The van der Waals surface area contributed by atoms with Crippen LogP contribution < -0.4 is 5.73 Å². The standard InChI is InChI=1S/C9H7N3O3S/c10-7(13)6-5(4-2-1-3-16-4)11-8(12-6)9(14)15/h1-3H,(H2,10,13)(H,11,12)(H,14,15). The molecule has 0 aromatic carbocycles. The van der Waals surface area contributed by atoms with Crippen molar-refractivity contribution in [3.05, 3.63) is 29.0 Å². The van der Waals surface area contributed by atoms with Gasteiger partial charge >= 0.3 is 5.97 Å². The minimum Gasteiger partial charge on any atom is -0.475 e. The molecule has 7 heteroatoms. The third-order valence-electron chi connectivity index (χ3n) is 1.91. The molecule has 0 spiro atoms. The molecule has 82 valence electrons. The van der Waals surface area contributed by atoms with Gasteiger partial charge in [-0.3, -0.25) is 4.79 Å². The maximum Gasteiger partial charge on any atom is 0.371 e. The number of amides is 1. The van der Waals surface area contributed by atoms with Crippen LogP contribution in [0.25, 0.3) is 10.6 Å². The lowest BCUT2D eigenvalue weighted by Crippen LogP contribution is -2.13. The van der Waals surface area contributed by atoms with Crippen LogP contribution >= 0.6 is 11.3 Å². The molecule has 4 N–H and O–H groups in total. The zero-order valence-electron chi connectivity index (χ0n) is 7.93. The molecular formula is C9H7N3O3S. The number of hydrogen-bond donors (Lipinski definition) is 3. The number of nitrogens with one attached hydrogen (secondary N) is 1. The summed E-state index contributed by atoms with van der Waals surface area (Å²) >= 11 is 1.36. The van der Waals surface area contributed by atoms with Gasteiger partial charge in [-0.15, -0.1) is 11.3 Å². The fourth-order valence-electron chi connectivity index (χ4n) is 1.25. The van der Waals surface area contributed by atoms with E-state index in [2.05, 4.69) is 9.97 Å². The van der Waals surface area contributed by atoms with Crippen molar-refractivity contribution in [2.24, 2.45) is 5.73 Å². The number of rotatable bonds is 3. The van der Waals surface area contributed by atoms with E-state index in [1.807, 2.05) is 0 Å². The Kier molecular flexibility index (Phi) is 2.45. The summed E-state index contributed by atoms with van der Waals surface area (Å²) in [6.45, 7) is 0. The summed E-state index contributed by atoms with van der Waals surface area (Å²) in [6.07, 6.45) is 0. The Balaban J connectivity index is 2.59. The van der Waals surface area contributed by atoms with E-state index in [9.17, 15) is 9.59 Å². The molecule has 2 heterocycles. The Morgan fingerprint density at radius 3 is 2.75 bits per heavy atom. The molecule has 0 saturated carbocycles. The molecular weight excluding hydrogens is 230 g/mol. The number of nitrogens with two attached hydrogens (primary N) is 1. The van der Waals surface area contributed by atoms with Crippen LogP contribution in [0, 0.1) is 0 Å². The van der Waals surface area contributed by atoms with Gasteiger partial charge < -0.3 is 15.8 Å². The Hall–Kier alpha value is -2.15.